The van der Waals surface area contributed by atoms with Crippen LogP contribution in [0.5, 0.6) is 0 Å². The van der Waals surface area contributed by atoms with Crippen molar-refractivity contribution in [3.63, 3.8) is 0 Å². The minimum Gasteiger partial charge on any atom is -0.364 e. The highest BCUT2D eigenvalue weighted by molar-refractivity contribution is 6.41. The predicted octanol–water partition coefficient (Wildman–Crippen LogP) is 5.65. The Kier molecular flexibility index (Phi) is 4.29. The van der Waals surface area contributed by atoms with Crippen molar-refractivity contribution in [1.82, 2.24) is 0 Å². The molecule has 1 heterocycles. The molecule has 1 aliphatic heterocycles. The average Bonchev–Trinajstić information content (AvgIpc) is 2.86. The van der Waals surface area contributed by atoms with Crippen LogP contribution in [0.1, 0.15) is 78.8 Å². The molecule has 144 valence electrons. The van der Waals surface area contributed by atoms with Gasteiger partial charge in [0.2, 0.25) is 0 Å². The lowest BCUT2D eigenvalue weighted by molar-refractivity contribution is 0.0990. The van der Waals surface area contributed by atoms with Crippen molar-refractivity contribution in [3.8, 4) is 0 Å². The second-order valence-electron chi connectivity index (χ2n) is 8.96. The number of carbonyl (C=O) groups excluding carboxylic acids is 2. The number of anilines is 1. The Bertz CT molecular complexity index is 976. The first-order valence-corrected chi connectivity index (χ1v) is 10.0. The first-order valence-electron chi connectivity index (χ1n) is 10.0. The van der Waals surface area contributed by atoms with E-state index in [2.05, 4.69) is 51.7 Å². The molecule has 3 nitrogen and oxygen atoms in total. The van der Waals surface area contributed by atoms with E-state index in [0.717, 1.165) is 12.0 Å². The zero-order valence-corrected chi connectivity index (χ0v) is 17.2. The van der Waals surface area contributed by atoms with Crippen LogP contribution in [0.3, 0.4) is 0 Å². The zero-order chi connectivity index (χ0) is 20.2. The number of hydrogen-bond donors (Lipinski definition) is 0. The van der Waals surface area contributed by atoms with E-state index in [4.69, 9.17) is 0 Å². The van der Waals surface area contributed by atoms with Crippen LogP contribution >= 0.6 is 0 Å². The molecule has 0 radical (unpaired) electrons. The van der Waals surface area contributed by atoms with E-state index >= 15 is 0 Å². The second-order valence-corrected chi connectivity index (χ2v) is 8.96. The van der Waals surface area contributed by atoms with Gasteiger partial charge in [0, 0.05) is 28.4 Å². The highest BCUT2D eigenvalue weighted by Crippen LogP contribution is 2.45. The van der Waals surface area contributed by atoms with Gasteiger partial charge in [0.15, 0.2) is 11.6 Å². The van der Waals surface area contributed by atoms with Crippen molar-refractivity contribution in [2.24, 2.45) is 0 Å². The van der Waals surface area contributed by atoms with E-state index < -0.39 is 0 Å². The van der Waals surface area contributed by atoms with Crippen molar-refractivity contribution in [3.05, 3.63) is 70.3 Å². The Balaban J connectivity index is 1.77. The van der Waals surface area contributed by atoms with E-state index in [1.54, 1.807) is 30.3 Å². The largest absolute Gasteiger partial charge is 0.364 e. The Morgan fingerprint density at radius 3 is 2.21 bits per heavy atom. The smallest absolute Gasteiger partial charge is 0.197 e. The van der Waals surface area contributed by atoms with Gasteiger partial charge in [0.05, 0.1) is 5.57 Å². The van der Waals surface area contributed by atoms with Crippen LogP contribution in [-0.4, -0.2) is 23.1 Å². The number of Topliss-reactive ketones (excluding diaryl/α,β-unsaturated/α-hetero) is 2. The first kappa shape index (κ1) is 18.7. The van der Waals surface area contributed by atoms with E-state index in [9.17, 15) is 9.59 Å². The lowest BCUT2D eigenvalue weighted by Gasteiger charge is -2.50. The SMILES string of the molecule is CC1CC(C)(C)N(C(C)C)c2ccc(C=C3C(=O)c4ccccc4C3=O)cc21. The molecule has 0 saturated carbocycles. The Hall–Kier alpha value is -2.68. The van der Waals surface area contributed by atoms with Crippen molar-refractivity contribution in [1.29, 1.82) is 0 Å². The predicted molar refractivity (Wildman–Crippen MR) is 114 cm³/mol. The number of carbonyl (C=O) groups is 2. The van der Waals surface area contributed by atoms with Crippen LogP contribution in [0.25, 0.3) is 6.08 Å². The minimum absolute atomic E-state index is 0.0968. The van der Waals surface area contributed by atoms with Crippen molar-refractivity contribution in [2.75, 3.05) is 4.90 Å². The van der Waals surface area contributed by atoms with Gasteiger partial charge in [0.1, 0.15) is 0 Å². The standard InChI is InChI=1S/C25H27NO2/c1-15(2)26-22-11-10-17(12-20(22)16(3)14-25(26,4)5)13-21-23(27)18-8-6-7-9-19(18)24(21)28/h6-13,15-16H,14H2,1-5H3. The van der Waals surface area contributed by atoms with Gasteiger partial charge < -0.3 is 4.90 Å². The monoisotopic (exact) mass is 373 g/mol. The molecule has 0 amide bonds. The number of fused-ring (bicyclic) bond motifs is 2. The molecule has 4 rings (SSSR count). The highest BCUT2D eigenvalue weighted by Gasteiger charge is 2.38. The van der Waals surface area contributed by atoms with E-state index in [0.29, 0.717) is 23.1 Å². The fourth-order valence-electron chi connectivity index (χ4n) is 5.11. The third-order valence-corrected chi connectivity index (χ3v) is 6.03. The molecule has 3 heteroatoms. The number of nitrogens with zero attached hydrogens (tertiary/aromatic N) is 1. The first-order chi connectivity index (χ1) is 13.2. The van der Waals surface area contributed by atoms with Crippen molar-refractivity contribution in [2.45, 2.75) is 58.5 Å². The summed E-state index contributed by atoms with van der Waals surface area (Å²) in [5, 5.41) is 0. The molecule has 0 saturated heterocycles. The third kappa shape index (κ3) is 2.81. The molecule has 1 aliphatic carbocycles. The van der Waals surface area contributed by atoms with Crippen LogP contribution in [0.2, 0.25) is 0 Å². The second kappa shape index (κ2) is 6.44. The van der Waals surface area contributed by atoms with Crippen LogP contribution in [0.4, 0.5) is 5.69 Å². The summed E-state index contributed by atoms with van der Waals surface area (Å²) in [4.78, 5) is 27.9. The number of ketones is 2. The highest BCUT2D eigenvalue weighted by atomic mass is 16.2. The summed E-state index contributed by atoms with van der Waals surface area (Å²) in [6.45, 7) is 11.3. The third-order valence-electron chi connectivity index (χ3n) is 6.03. The van der Waals surface area contributed by atoms with Crippen LogP contribution in [0, 0.1) is 0 Å². The number of rotatable bonds is 2. The van der Waals surface area contributed by atoms with Gasteiger partial charge in [-0.2, -0.15) is 0 Å². The van der Waals surface area contributed by atoms with Crippen molar-refractivity contribution < 1.29 is 9.59 Å². The van der Waals surface area contributed by atoms with Crippen LogP contribution in [0.15, 0.2) is 48.0 Å². The van der Waals surface area contributed by atoms with E-state index in [-0.39, 0.29) is 22.7 Å². The fraction of sp³-hybridized carbons (Fsp3) is 0.360. The van der Waals surface area contributed by atoms with Gasteiger partial charge in [-0.05, 0) is 69.4 Å². The van der Waals surface area contributed by atoms with Gasteiger partial charge in [-0.3, -0.25) is 9.59 Å². The molecule has 1 unspecified atom stereocenters. The van der Waals surface area contributed by atoms with E-state index in [1.165, 1.54) is 11.3 Å². The van der Waals surface area contributed by atoms with Gasteiger partial charge in [-0.25, -0.2) is 0 Å². The van der Waals surface area contributed by atoms with Gasteiger partial charge in [-0.15, -0.1) is 0 Å². The summed E-state index contributed by atoms with van der Waals surface area (Å²) in [6.07, 6.45) is 2.83. The molecular weight excluding hydrogens is 346 g/mol. The molecule has 0 bridgehead atoms. The number of allylic oxidation sites excluding steroid dienone is 1. The molecular formula is C25H27NO2. The summed E-state index contributed by atoms with van der Waals surface area (Å²) in [7, 11) is 0. The quantitative estimate of drug-likeness (QED) is 0.504. The number of benzene rings is 2. The molecule has 2 aliphatic rings. The molecule has 2 aromatic rings. The topological polar surface area (TPSA) is 37.4 Å². The van der Waals surface area contributed by atoms with Crippen molar-refractivity contribution >= 4 is 23.3 Å². The van der Waals surface area contributed by atoms with E-state index in [1.807, 2.05) is 6.07 Å². The maximum absolute atomic E-state index is 12.7. The number of hydrogen-bond acceptors (Lipinski definition) is 3. The molecule has 28 heavy (non-hydrogen) atoms. The Morgan fingerprint density at radius 2 is 1.64 bits per heavy atom. The van der Waals surface area contributed by atoms with Crippen LogP contribution in [-0.2, 0) is 0 Å². The summed E-state index contributed by atoms with van der Waals surface area (Å²) >= 11 is 0. The normalized spacial score (nSPS) is 20.4. The molecule has 1 atom stereocenters. The lowest BCUT2D eigenvalue weighted by atomic mass is 9.78. The fourth-order valence-corrected chi connectivity index (χ4v) is 5.11. The summed E-state index contributed by atoms with van der Waals surface area (Å²) in [5.74, 6) is 0.0816. The van der Waals surface area contributed by atoms with Gasteiger partial charge in [0.25, 0.3) is 0 Å². The maximum Gasteiger partial charge on any atom is 0.197 e. The molecule has 0 fully saturated rings. The average molecular weight is 373 g/mol. The minimum atomic E-state index is -0.170. The van der Waals surface area contributed by atoms with Gasteiger partial charge in [-0.1, -0.05) is 37.3 Å². The lowest BCUT2D eigenvalue weighted by Crippen LogP contribution is -2.51. The molecule has 2 aromatic carbocycles. The molecule has 0 N–H and O–H groups in total. The summed E-state index contributed by atoms with van der Waals surface area (Å²) in [6, 6.07) is 13.8. The summed E-state index contributed by atoms with van der Waals surface area (Å²) in [5.41, 5.74) is 4.85. The van der Waals surface area contributed by atoms with Gasteiger partial charge >= 0.3 is 0 Å². The molecule has 0 spiro atoms. The summed E-state index contributed by atoms with van der Waals surface area (Å²) < 4.78 is 0. The maximum atomic E-state index is 12.7. The van der Waals surface area contributed by atoms with Crippen LogP contribution < -0.4 is 4.90 Å². The Labute approximate surface area is 167 Å². The zero-order valence-electron chi connectivity index (χ0n) is 17.2. The molecule has 0 aromatic heterocycles. The Morgan fingerprint density at radius 1 is 1.04 bits per heavy atom.